The van der Waals surface area contributed by atoms with Gasteiger partial charge in [-0.2, -0.15) is 17.7 Å². The van der Waals surface area contributed by atoms with Crippen LogP contribution in [0.1, 0.15) is 17.5 Å². The zero-order chi connectivity index (χ0) is 18.2. The quantitative estimate of drug-likeness (QED) is 0.462. The Hall–Kier alpha value is -1.56. The fourth-order valence-corrected chi connectivity index (χ4v) is 3.38. The fraction of sp³-hybridized carbons (Fsp3) is 0.350. The highest BCUT2D eigenvalue weighted by molar-refractivity contribution is 5.94. The van der Waals surface area contributed by atoms with Crippen molar-refractivity contribution in [3.63, 3.8) is 0 Å². The minimum absolute atomic E-state index is 0. The molecule has 0 aliphatic heterocycles. The first-order chi connectivity index (χ1) is 11.8. The van der Waals surface area contributed by atoms with Gasteiger partial charge in [-0.1, -0.05) is 12.1 Å². The predicted octanol–water partition coefficient (Wildman–Crippen LogP) is 1.76. The number of rotatable bonds is 4. The minimum Gasteiger partial charge on any atom is -1.00 e. The van der Waals surface area contributed by atoms with E-state index in [1.54, 1.807) is 6.07 Å². The van der Waals surface area contributed by atoms with Gasteiger partial charge >= 0.3 is 6.18 Å². The molecule has 1 aromatic heterocycles. The van der Waals surface area contributed by atoms with Gasteiger partial charge in [0, 0.05) is 12.1 Å². The van der Waals surface area contributed by atoms with E-state index in [2.05, 4.69) is 4.90 Å². The lowest BCUT2D eigenvalue weighted by Gasteiger charge is -2.14. The third-order valence-corrected chi connectivity index (χ3v) is 4.63. The van der Waals surface area contributed by atoms with Crippen molar-refractivity contribution in [1.82, 2.24) is 4.90 Å². The number of fused-ring (bicyclic) bond motifs is 2. The van der Waals surface area contributed by atoms with Crippen LogP contribution in [0.2, 0.25) is 0 Å². The third kappa shape index (κ3) is 4.84. The molecule has 0 fully saturated rings. The number of aromatic nitrogens is 1. The Labute approximate surface area is 169 Å². The SMILES string of the molecule is CN(C)CCCc1c2ccccc2[n+](C)c2ccc(C(F)(F)F)cc12.Cl.[Cl-]. The van der Waals surface area contributed by atoms with E-state index in [-0.39, 0.29) is 24.8 Å². The van der Waals surface area contributed by atoms with Crippen molar-refractivity contribution in [2.75, 3.05) is 20.6 Å². The second-order valence-electron chi connectivity index (χ2n) is 6.69. The second-order valence-corrected chi connectivity index (χ2v) is 6.69. The van der Waals surface area contributed by atoms with Crippen LogP contribution in [0, 0.1) is 0 Å². The number of para-hydroxylation sites is 1. The largest absolute Gasteiger partial charge is 1.00 e. The Balaban J connectivity index is 0.00000182. The number of halogens is 5. The Morgan fingerprint density at radius 3 is 2.22 bits per heavy atom. The summed E-state index contributed by atoms with van der Waals surface area (Å²) in [6, 6.07) is 12.0. The maximum absolute atomic E-state index is 13.2. The molecule has 0 spiro atoms. The highest BCUT2D eigenvalue weighted by Crippen LogP contribution is 2.33. The number of hydrogen-bond donors (Lipinski definition) is 0. The molecule has 7 heteroatoms. The smallest absolute Gasteiger partial charge is 0.416 e. The molecule has 1 heterocycles. The van der Waals surface area contributed by atoms with Crippen molar-refractivity contribution >= 4 is 34.2 Å². The van der Waals surface area contributed by atoms with E-state index in [1.807, 2.05) is 50.0 Å². The van der Waals surface area contributed by atoms with Crippen molar-refractivity contribution in [3.05, 3.63) is 53.6 Å². The Morgan fingerprint density at radius 1 is 0.963 bits per heavy atom. The van der Waals surface area contributed by atoms with Crippen LogP contribution >= 0.6 is 12.4 Å². The fourth-order valence-electron chi connectivity index (χ4n) is 3.38. The molecule has 0 unspecified atom stereocenters. The first-order valence-electron chi connectivity index (χ1n) is 8.34. The lowest BCUT2D eigenvalue weighted by atomic mass is 9.96. The Kier molecular flexibility index (Phi) is 7.90. The standard InChI is InChI=1S/C20H22F3N2.2ClH/c1-24(2)12-6-8-15-16-7-4-5-9-18(16)25(3)19-11-10-14(13-17(15)19)20(21,22)23;;/h4-5,7,9-11,13H,6,8,12H2,1-3H3;2*1H/q+1;;/p-1. The van der Waals surface area contributed by atoms with Gasteiger partial charge in [-0.3, -0.25) is 0 Å². The topological polar surface area (TPSA) is 7.12 Å². The zero-order valence-electron chi connectivity index (χ0n) is 15.5. The molecule has 2 aromatic carbocycles. The summed E-state index contributed by atoms with van der Waals surface area (Å²) in [5.74, 6) is 0. The maximum atomic E-state index is 13.2. The van der Waals surface area contributed by atoms with Gasteiger partial charge in [0.25, 0.3) is 0 Å². The molecule has 0 radical (unpaired) electrons. The number of alkyl halides is 3. The summed E-state index contributed by atoms with van der Waals surface area (Å²) in [6.45, 7) is 0.899. The zero-order valence-corrected chi connectivity index (χ0v) is 17.0. The molecule has 0 saturated carbocycles. The van der Waals surface area contributed by atoms with Gasteiger partial charge in [0.1, 0.15) is 7.05 Å². The van der Waals surface area contributed by atoms with Crippen molar-refractivity contribution in [2.24, 2.45) is 7.05 Å². The van der Waals surface area contributed by atoms with Crippen LogP contribution < -0.4 is 17.0 Å². The normalized spacial score (nSPS) is 11.5. The van der Waals surface area contributed by atoms with E-state index < -0.39 is 11.7 Å². The molecule has 2 nitrogen and oxygen atoms in total. The lowest BCUT2D eigenvalue weighted by Crippen LogP contribution is -3.00. The van der Waals surface area contributed by atoms with Gasteiger partial charge in [0.2, 0.25) is 11.0 Å². The van der Waals surface area contributed by atoms with E-state index >= 15 is 0 Å². The van der Waals surface area contributed by atoms with Crippen LogP contribution in [0.25, 0.3) is 21.8 Å². The highest BCUT2D eigenvalue weighted by atomic mass is 35.5. The molecular weight excluding hydrogens is 396 g/mol. The summed E-state index contributed by atoms with van der Waals surface area (Å²) in [7, 11) is 5.91. The summed E-state index contributed by atoms with van der Waals surface area (Å²) in [4.78, 5) is 2.09. The average Bonchev–Trinajstić information content (AvgIpc) is 2.56. The summed E-state index contributed by atoms with van der Waals surface area (Å²) in [5, 5.41) is 1.71. The van der Waals surface area contributed by atoms with Crippen molar-refractivity contribution < 1.29 is 30.1 Å². The van der Waals surface area contributed by atoms with Crippen LogP contribution in [0.5, 0.6) is 0 Å². The molecule has 3 aromatic rings. The second kappa shape index (κ2) is 9.09. The number of nitrogens with zero attached hydrogens (tertiary/aromatic N) is 2. The molecule has 0 N–H and O–H groups in total. The molecule has 3 rings (SSSR count). The molecule has 27 heavy (non-hydrogen) atoms. The monoisotopic (exact) mass is 418 g/mol. The summed E-state index contributed by atoms with van der Waals surface area (Å²) < 4.78 is 41.6. The van der Waals surface area contributed by atoms with Crippen molar-refractivity contribution in [1.29, 1.82) is 0 Å². The minimum atomic E-state index is -4.33. The van der Waals surface area contributed by atoms with Gasteiger partial charge in [0.05, 0.1) is 16.3 Å². The van der Waals surface area contributed by atoms with Crippen LogP contribution in [0.3, 0.4) is 0 Å². The molecule has 0 aliphatic rings. The molecule has 0 aliphatic carbocycles. The van der Waals surface area contributed by atoms with Gasteiger partial charge in [0.15, 0.2) is 0 Å². The lowest BCUT2D eigenvalue weighted by molar-refractivity contribution is -0.617. The Morgan fingerprint density at radius 2 is 1.59 bits per heavy atom. The molecule has 0 bridgehead atoms. The Bertz CT molecular complexity index is 924. The van der Waals surface area contributed by atoms with E-state index in [1.165, 1.54) is 12.1 Å². The van der Waals surface area contributed by atoms with Gasteiger partial charge in [-0.15, -0.1) is 12.4 Å². The van der Waals surface area contributed by atoms with Crippen molar-refractivity contribution in [2.45, 2.75) is 19.0 Å². The first-order valence-corrected chi connectivity index (χ1v) is 8.34. The number of pyridine rings is 1. The molecule has 0 saturated heterocycles. The van der Waals surface area contributed by atoms with E-state index in [9.17, 15) is 13.2 Å². The maximum Gasteiger partial charge on any atom is 0.416 e. The average molecular weight is 419 g/mol. The molecular formula is C20H23Cl2F3N2. The first kappa shape index (κ1) is 23.5. The predicted molar refractivity (Wildman–Crippen MR) is 102 cm³/mol. The third-order valence-electron chi connectivity index (χ3n) is 4.63. The summed E-state index contributed by atoms with van der Waals surface area (Å²) >= 11 is 0. The molecule has 148 valence electrons. The van der Waals surface area contributed by atoms with Gasteiger partial charge in [-0.25, -0.2) is 0 Å². The number of hydrogen-bond acceptors (Lipinski definition) is 1. The number of aryl methyl sites for hydroxylation is 2. The molecule has 0 atom stereocenters. The van der Waals surface area contributed by atoms with Gasteiger partial charge < -0.3 is 17.3 Å². The van der Waals surface area contributed by atoms with Crippen LogP contribution in [-0.2, 0) is 19.6 Å². The summed E-state index contributed by atoms with van der Waals surface area (Å²) in [6.07, 6.45) is -2.69. The van der Waals surface area contributed by atoms with Crippen molar-refractivity contribution in [3.8, 4) is 0 Å². The highest BCUT2D eigenvalue weighted by Gasteiger charge is 2.31. The number of benzene rings is 2. The van der Waals surface area contributed by atoms with Crippen LogP contribution in [-0.4, -0.2) is 25.5 Å². The summed E-state index contributed by atoms with van der Waals surface area (Å²) in [5.41, 5.74) is 2.27. The van der Waals surface area contributed by atoms with E-state index in [0.717, 1.165) is 41.4 Å². The van der Waals surface area contributed by atoms with E-state index in [0.29, 0.717) is 5.39 Å². The van der Waals surface area contributed by atoms with Crippen LogP contribution in [0.15, 0.2) is 42.5 Å². The van der Waals surface area contributed by atoms with E-state index in [4.69, 9.17) is 0 Å². The van der Waals surface area contributed by atoms with Gasteiger partial charge in [-0.05, 0) is 57.2 Å². The molecule has 0 amide bonds. The van der Waals surface area contributed by atoms with Crippen LogP contribution in [0.4, 0.5) is 13.2 Å².